The molecule has 0 atom stereocenters. The molecule has 0 amide bonds. The second kappa shape index (κ2) is 4.03. The summed E-state index contributed by atoms with van der Waals surface area (Å²) in [7, 11) is 0. The summed E-state index contributed by atoms with van der Waals surface area (Å²) in [6, 6.07) is 8.09. The van der Waals surface area contributed by atoms with E-state index in [1.165, 1.54) is 10.9 Å². The normalized spacial score (nSPS) is 12.4. The number of fused-ring (bicyclic) bond motifs is 1. The fourth-order valence-corrected chi connectivity index (χ4v) is 1.90. The van der Waals surface area contributed by atoms with Gasteiger partial charge in [-0.15, -0.1) is 11.6 Å². The van der Waals surface area contributed by atoms with Gasteiger partial charge in [-0.05, 0) is 25.5 Å². The summed E-state index contributed by atoms with van der Waals surface area (Å²) in [4.78, 5) is 3.26. The largest absolute Gasteiger partial charge is 0.329 e. The number of benzene rings is 1. The molecule has 16 heavy (non-hydrogen) atoms. The topological polar surface area (TPSA) is 9.29 Å². The van der Waals surface area contributed by atoms with Crippen LogP contribution in [0.5, 0.6) is 0 Å². The van der Waals surface area contributed by atoms with Gasteiger partial charge >= 0.3 is 0 Å². The van der Waals surface area contributed by atoms with Gasteiger partial charge in [0.2, 0.25) is 0 Å². The van der Waals surface area contributed by atoms with Gasteiger partial charge in [0, 0.05) is 17.3 Å². The van der Waals surface area contributed by atoms with Crippen LogP contribution in [0.2, 0.25) is 0 Å². The summed E-state index contributed by atoms with van der Waals surface area (Å²) in [5.74, 6) is 0. The van der Waals surface area contributed by atoms with E-state index in [2.05, 4.69) is 17.8 Å². The SMILES string of the molecule is [C-]#[N+]/C(Cl)=C(\C)n1cc(C)c2ccccc21. The monoisotopic (exact) mass is 230 g/mol. The lowest BCUT2D eigenvalue weighted by Crippen LogP contribution is -1.91. The molecule has 0 aliphatic rings. The molecule has 0 saturated carbocycles. The van der Waals surface area contributed by atoms with Crippen LogP contribution in [0.4, 0.5) is 0 Å². The van der Waals surface area contributed by atoms with E-state index >= 15 is 0 Å². The summed E-state index contributed by atoms with van der Waals surface area (Å²) < 4.78 is 1.96. The van der Waals surface area contributed by atoms with Gasteiger partial charge in [-0.3, -0.25) is 0 Å². The van der Waals surface area contributed by atoms with Gasteiger partial charge < -0.3 is 4.57 Å². The van der Waals surface area contributed by atoms with Gasteiger partial charge in [0.1, 0.15) is 0 Å². The zero-order valence-corrected chi connectivity index (χ0v) is 9.92. The molecule has 3 heteroatoms. The van der Waals surface area contributed by atoms with Crippen LogP contribution in [0.1, 0.15) is 12.5 Å². The molecule has 0 fully saturated rings. The maximum Gasteiger partial charge on any atom is 0.271 e. The number of allylic oxidation sites excluding steroid dienone is 1. The highest BCUT2D eigenvalue weighted by atomic mass is 35.5. The molecule has 0 saturated heterocycles. The Labute approximate surface area is 99.6 Å². The average molecular weight is 231 g/mol. The Hall–Kier alpha value is -1.72. The van der Waals surface area contributed by atoms with Crippen molar-refractivity contribution in [3.05, 3.63) is 52.6 Å². The maximum atomic E-state index is 6.93. The van der Waals surface area contributed by atoms with E-state index in [1.54, 1.807) is 0 Å². The zero-order valence-electron chi connectivity index (χ0n) is 9.16. The van der Waals surface area contributed by atoms with E-state index < -0.39 is 0 Å². The van der Waals surface area contributed by atoms with Crippen molar-refractivity contribution < 1.29 is 0 Å². The quantitative estimate of drug-likeness (QED) is 0.512. The molecule has 2 aromatic rings. The number of nitrogens with zero attached hydrogens (tertiary/aromatic N) is 2. The van der Waals surface area contributed by atoms with Crippen LogP contribution in [0.15, 0.2) is 35.6 Å². The van der Waals surface area contributed by atoms with E-state index in [-0.39, 0.29) is 5.16 Å². The first-order valence-corrected chi connectivity index (χ1v) is 5.34. The van der Waals surface area contributed by atoms with Crippen LogP contribution in [-0.4, -0.2) is 4.57 Å². The van der Waals surface area contributed by atoms with Crippen molar-refractivity contribution in [2.75, 3.05) is 0 Å². The third-order valence-corrected chi connectivity index (χ3v) is 3.03. The predicted molar refractivity (Wildman–Crippen MR) is 68.0 cm³/mol. The fraction of sp³-hybridized carbons (Fsp3) is 0.154. The molecule has 0 radical (unpaired) electrons. The highest BCUT2D eigenvalue weighted by Crippen LogP contribution is 2.26. The highest BCUT2D eigenvalue weighted by Gasteiger charge is 2.08. The van der Waals surface area contributed by atoms with E-state index in [4.69, 9.17) is 18.2 Å². The molecular weight excluding hydrogens is 220 g/mol. The Morgan fingerprint density at radius 2 is 2.06 bits per heavy atom. The summed E-state index contributed by atoms with van der Waals surface area (Å²) in [5, 5.41) is 1.40. The van der Waals surface area contributed by atoms with Gasteiger partial charge in [-0.25, -0.2) is 4.85 Å². The number of hydrogen-bond acceptors (Lipinski definition) is 0. The molecule has 0 aliphatic carbocycles. The minimum absolute atomic E-state index is 0.209. The maximum absolute atomic E-state index is 6.93. The molecular formula is C13H11ClN2. The molecule has 1 heterocycles. The zero-order chi connectivity index (χ0) is 11.7. The van der Waals surface area contributed by atoms with E-state index in [0.29, 0.717) is 0 Å². The Morgan fingerprint density at radius 3 is 2.75 bits per heavy atom. The Morgan fingerprint density at radius 1 is 1.38 bits per heavy atom. The molecule has 0 spiro atoms. The predicted octanol–water partition coefficient (Wildman–Crippen LogP) is 4.25. The number of aryl methyl sites for hydroxylation is 1. The van der Waals surface area contributed by atoms with Crippen molar-refractivity contribution in [2.45, 2.75) is 13.8 Å². The van der Waals surface area contributed by atoms with Gasteiger partial charge in [-0.2, -0.15) is 0 Å². The minimum Gasteiger partial charge on any atom is -0.329 e. The molecule has 2 rings (SSSR count). The third kappa shape index (κ3) is 1.60. The summed E-state index contributed by atoms with van der Waals surface area (Å²) >= 11 is 5.86. The molecule has 1 aromatic heterocycles. The Kier molecular flexibility index (Phi) is 2.72. The smallest absolute Gasteiger partial charge is 0.271 e. The van der Waals surface area contributed by atoms with Gasteiger partial charge in [-0.1, -0.05) is 18.2 Å². The minimum atomic E-state index is 0.209. The lowest BCUT2D eigenvalue weighted by Gasteiger charge is -2.05. The summed E-state index contributed by atoms with van der Waals surface area (Å²) in [5.41, 5.74) is 3.03. The van der Waals surface area contributed by atoms with Gasteiger partial charge in [0.15, 0.2) is 0 Å². The van der Waals surface area contributed by atoms with Crippen molar-refractivity contribution in [3.8, 4) is 0 Å². The Bertz CT molecular complexity index is 614. The molecule has 0 unspecified atom stereocenters. The number of halogens is 1. The molecule has 80 valence electrons. The number of aromatic nitrogens is 1. The van der Waals surface area contributed by atoms with Crippen molar-refractivity contribution in [2.24, 2.45) is 0 Å². The molecule has 2 nitrogen and oxygen atoms in total. The van der Waals surface area contributed by atoms with Crippen molar-refractivity contribution in [3.63, 3.8) is 0 Å². The van der Waals surface area contributed by atoms with Crippen LogP contribution in [0.3, 0.4) is 0 Å². The second-order valence-corrected chi connectivity index (χ2v) is 4.05. The van der Waals surface area contributed by atoms with E-state index in [0.717, 1.165) is 11.2 Å². The second-order valence-electron chi connectivity index (χ2n) is 3.69. The average Bonchev–Trinajstić information content (AvgIpc) is 2.65. The molecule has 0 aliphatic heterocycles. The van der Waals surface area contributed by atoms with Crippen LogP contribution in [0.25, 0.3) is 21.4 Å². The van der Waals surface area contributed by atoms with Gasteiger partial charge in [0.25, 0.3) is 5.16 Å². The van der Waals surface area contributed by atoms with Crippen LogP contribution >= 0.6 is 11.6 Å². The van der Waals surface area contributed by atoms with E-state index in [9.17, 15) is 0 Å². The first-order valence-electron chi connectivity index (χ1n) is 4.96. The molecule has 1 aromatic carbocycles. The third-order valence-electron chi connectivity index (χ3n) is 2.67. The number of hydrogen-bond donors (Lipinski definition) is 0. The summed E-state index contributed by atoms with van der Waals surface area (Å²) in [6.45, 7) is 10.8. The first kappa shape index (κ1) is 10.8. The number of para-hydroxylation sites is 1. The van der Waals surface area contributed by atoms with Crippen LogP contribution in [-0.2, 0) is 0 Å². The van der Waals surface area contributed by atoms with E-state index in [1.807, 2.05) is 35.9 Å². The lowest BCUT2D eigenvalue weighted by molar-refractivity contribution is 1.13. The van der Waals surface area contributed by atoms with Crippen molar-refractivity contribution >= 4 is 28.2 Å². The van der Waals surface area contributed by atoms with Crippen molar-refractivity contribution in [1.82, 2.24) is 4.57 Å². The van der Waals surface area contributed by atoms with Gasteiger partial charge in [0.05, 0.1) is 12.1 Å². The highest BCUT2D eigenvalue weighted by molar-refractivity contribution is 6.33. The van der Waals surface area contributed by atoms with Crippen molar-refractivity contribution in [1.29, 1.82) is 0 Å². The Balaban J connectivity index is 2.77. The fourth-order valence-electron chi connectivity index (χ4n) is 1.81. The summed E-state index contributed by atoms with van der Waals surface area (Å²) in [6.07, 6.45) is 2.01. The molecule has 0 N–H and O–H groups in total. The first-order chi connectivity index (χ1) is 7.65. The lowest BCUT2D eigenvalue weighted by atomic mass is 10.2. The van der Waals surface area contributed by atoms with Crippen LogP contribution < -0.4 is 0 Å². The van der Waals surface area contributed by atoms with Crippen LogP contribution in [0, 0.1) is 13.5 Å². The molecule has 0 bridgehead atoms. The number of rotatable bonds is 1. The standard InChI is InChI=1S/C13H11ClN2/c1-9-8-16(10(2)13(14)15-3)12-7-5-4-6-11(9)12/h4-8H,1-2H3/b13-10+.